The van der Waals surface area contributed by atoms with Gasteiger partial charge in [-0.05, 0) is 25.3 Å². The minimum Gasteiger partial charge on any atom is -0.459 e. The molecule has 1 aromatic heterocycles. The number of hydrogen-bond acceptors (Lipinski definition) is 6. The highest BCUT2D eigenvalue weighted by atomic mass is 32.2. The Labute approximate surface area is 156 Å². The summed E-state index contributed by atoms with van der Waals surface area (Å²) in [5.74, 6) is -0.323. The fraction of sp³-hybridized carbons (Fsp3) is 0.368. The zero-order valence-corrected chi connectivity index (χ0v) is 15.5. The topological polar surface area (TPSA) is 98.4 Å². The predicted molar refractivity (Wildman–Crippen MR) is 97.2 cm³/mol. The fourth-order valence-electron chi connectivity index (χ4n) is 3.98. The van der Waals surface area contributed by atoms with Crippen molar-refractivity contribution in [2.45, 2.75) is 32.0 Å². The van der Waals surface area contributed by atoms with Gasteiger partial charge >= 0.3 is 0 Å². The molecule has 7 nitrogen and oxygen atoms in total. The molecular weight excluding hydrogens is 368 g/mol. The third-order valence-corrected chi connectivity index (χ3v) is 6.33. The van der Waals surface area contributed by atoms with Gasteiger partial charge in [-0.2, -0.15) is 5.26 Å². The molecule has 2 aliphatic rings. The smallest absolute Gasteiger partial charge is 0.239 e. The van der Waals surface area contributed by atoms with Gasteiger partial charge in [0.1, 0.15) is 17.9 Å². The summed E-state index contributed by atoms with van der Waals surface area (Å²) in [6, 6.07) is 9.11. The Balaban J connectivity index is 1.81. The molecule has 0 fully saturated rings. The number of Topliss-reactive ketones (excluding diaryl/α,β-unsaturated/α-hetero) is 1. The van der Waals surface area contributed by atoms with Gasteiger partial charge in [-0.3, -0.25) is 4.79 Å². The van der Waals surface area contributed by atoms with Crippen molar-refractivity contribution < 1.29 is 22.7 Å². The molecule has 140 valence electrons. The number of ketones is 1. The van der Waals surface area contributed by atoms with E-state index in [-0.39, 0.29) is 18.6 Å². The van der Waals surface area contributed by atoms with E-state index in [1.54, 1.807) is 24.3 Å². The molecule has 0 radical (unpaired) electrons. The third kappa shape index (κ3) is 2.70. The van der Waals surface area contributed by atoms with E-state index in [1.807, 2.05) is 0 Å². The number of hydrogen-bond donors (Lipinski definition) is 0. The van der Waals surface area contributed by atoms with E-state index in [1.165, 1.54) is 16.5 Å². The van der Waals surface area contributed by atoms with Crippen LogP contribution in [0.15, 0.2) is 36.8 Å². The van der Waals surface area contributed by atoms with Crippen LogP contribution >= 0.6 is 0 Å². The summed E-state index contributed by atoms with van der Waals surface area (Å²) in [4.78, 5) is 13.4. The maximum absolute atomic E-state index is 13.4. The van der Waals surface area contributed by atoms with Crippen LogP contribution in [0.25, 0.3) is 10.9 Å². The first kappa shape index (κ1) is 17.6. The summed E-state index contributed by atoms with van der Waals surface area (Å²) < 4.78 is 36.5. The highest BCUT2D eigenvalue weighted by Crippen LogP contribution is 2.43. The quantitative estimate of drug-likeness (QED) is 0.801. The molecule has 0 N–H and O–H groups in total. The summed E-state index contributed by atoms with van der Waals surface area (Å²) in [6.07, 6.45) is 4.77. The van der Waals surface area contributed by atoms with E-state index >= 15 is 0 Å². The number of fused-ring (bicyclic) bond motifs is 3. The van der Waals surface area contributed by atoms with Crippen LogP contribution in [0.1, 0.15) is 35.3 Å². The van der Waals surface area contributed by atoms with Crippen LogP contribution in [0.2, 0.25) is 0 Å². The second-order valence-electron chi connectivity index (χ2n) is 6.90. The number of rotatable bonds is 4. The minimum atomic E-state index is -3.59. The zero-order chi connectivity index (χ0) is 19.2. The van der Waals surface area contributed by atoms with Crippen molar-refractivity contribution in [3.8, 4) is 6.07 Å². The Kier molecular flexibility index (Phi) is 4.00. The molecule has 1 atom stereocenters. The monoisotopic (exact) mass is 386 g/mol. The summed E-state index contributed by atoms with van der Waals surface area (Å²) in [5.41, 5.74) is 0.0629. The second-order valence-corrected chi connectivity index (χ2v) is 8.73. The molecule has 0 amide bonds. The molecule has 0 spiro atoms. The van der Waals surface area contributed by atoms with Gasteiger partial charge in [0.05, 0.1) is 17.8 Å². The highest BCUT2D eigenvalue weighted by molar-refractivity contribution is 7.89. The molecule has 0 bridgehead atoms. The Morgan fingerprint density at radius 2 is 2.00 bits per heavy atom. The number of para-hydroxylation sites is 1. The standard InChI is InChI=1S/C19H18N2O5S/c1-27(23,24)21-14-5-3-2-4-13(14)17-15(21)6-8-19(12-20,18(17)22)9-7-16-25-10-11-26-16/h2-5,10-11,16H,6-9H2,1H3/t19-/m1/s1. The summed E-state index contributed by atoms with van der Waals surface area (Å²) in [5, 5.41) is 10.4. The number of nitriles is 1. The van der Waals surface area contributed by atoms with Crippen molar-refractivity contribution in [2.75, 3.05) is 6.26 Å². The molecule has 2 aromatic rings. The zero-order valence-electron chi connectivity index (χ0n) is 14.7. The number of nitrogens with zero attached hydrogens (tertiary/aromatic N) is 2. The predicted octanol–water partition coefficient (Wildman–Crippen LogP) is 2.71. The van der Waals surface area contributed by atoms with Crippen LogP contribution in [-0.4, -0.2) is 30.7 Å². The summed E-state index contributed by atoms with van der Waals surface area (Å²) >= 11 is 0. The van der Waals surface area contributed by atoms with Crippen molar-refractivity contribution in [3.05, 3.63) is 48.0 Å². The van der Waals surface area contributed by atoms with Gasteiger partial charge in [0, 0.05) is 23.1 Å². The molecule has 4 rings (SSSR count). The van der Waals surface area contributed by atoms with Crippen LogP contribution in [0.5, 0.6) is 0 Å². The lowest BCUT2D eigenvalue weighted by Crippen LogP contribution is -2.36. The van der Waals surface area contributed by atoms with E-state index < -0.39 is 21.7 Å². The van der Waals surface area contributed by atoms with Crippen LogP contribution < -0.4 is 0 Å². The molecule has 2 heterocycles. The summed E-state index contributed by atoms with van der Waals surface area (Å²) in [7, 11) is -3.59. The molecule has 1 aliphatic carbocycles. The van der Waals surface area contributed by atoms with Crippen molar-refractivity contribution in [1.29, 1.82) is 5.26 Å². The SMILES string of the molecule is CS(=O)(=O)n1c2c(c3ccccc31)C(=O)[C@@](C#N)(CCC1OC=CO1)CC2. The lowest BCUT2D eigenvalue weighted by atomic mass is 9.70. The lowest BCUT2D eigenvalue weighted by molar-refractivity contribution is -0.0336. The normalized spacial score (nSPS) is 22.3. The first-order valence-electron chi connectivity index (χ1n) is 8.62. The first-order chi connectivity index (χ1) is 12.9. The van der Waals surface area contributed by atoms with Gasteiger partial charge in [0.25, 0.3) is 0 Å². The number of aromatic nitrogens is 1. The maximum atomic E-state index is 13.4. The maximum Gasteiger partial charge on any atom is 0.239 e. The van der Waals surface area contributed by atoms with Gasteiger partial charge < -0.3 is 9.47 Å². The molecule has 0 unspecified atom stereocenters. The minimum absolute atomic E-state index is 0.265. The van der Waals surface area contributed by atoms with Crippen molar-refractivity contribution >= 4 is 26.7 Å². The first-order valence-corrected chi connectivity index (χ1v) is 10.5. The number of carbonyl (C=O) groups is 1. The van der Waals surface area contributed by atoms with Gasteiger partial charge in [-0.25, -0.2) is 12.4 Å². The molecular formula is C19H18N2O5S. The molecule has 27 heavy (non-hydrogen) atoms. The fourth-order valence-corrected chi connectivity index (χ4v) is 5.08. The molecule has 0 saturated heterocycles. The van der Waals surface area contributed by atoms with Gasteiger partial charge in [-0.15, -0.1) is 0 Å². The Morgan fingerprint density at radius 1 is 1.30 bits per heavy atom. The van der Waals surface area contributed by atoms with Gasteiger partial charge in [-0.1, -0.05) is 18.2 Å². The number of carbonyl (C=O) groups excluding carboxylic acids is 1. The second kappa shape index (κ2) is 6.13. The molecule has 8 heteroatoms. The highest BCUT2D eigenvalue weighted by Gasteiger charge is 2.46. The van der Waals surface area contributed by atoms with Crippen LogP contribution in [-0.2, 0) is 25.9 Å². The average molecular weight is 386 g/mol. The van der Waals surface area contributed by atoms with Crippen LogP contribution in [0.3, 0.4) is 0 Å². The van der Waals surface area contributed by atoms with E-state index in [0.717, 1.165) is 6.26 Å². The lowest BCUT2D eigenvalue weighted by Gasteiger charge is -2.30. The molecule has 0 saturated carbocycles. The van der Waals surface area contributed by atoms with Gasteiger partial charge in [0.2, 0.25) is 16.3 Å². The van der Waals surface area contributed by atoms with Crippen molar-refractivity contribution in [1.82, 2.24) is 3.97 Å². The number of benzene rings is 1. The average Bonchev–Trinajstić information content (AvgIpc) is 3.26. The van der Waals surface area contributed by atoms with Crippen molar-refractivity contribution in [3.63, 3.8) is 0 Å². The van der Waals surface area contributed by atoms with Crippen LogP contribution in [0.4, 0.5) is 0 Å². The van der Waals surface area contributed by atoms with E-state index in [9.17, 15) is 18.5 Å². The molecule has 1 aromatic carbocycles. The Hall–Kier alpha value is -2.79. The van der Waals surface area contributed by atoms with Crippen LogP contribution in [0, 0.1) is 16.7 Å². The molecule has 1 aliphatic heterocycles. The largest absolute Gasteiger partial charge is 0.459 e. The Bertz CT molecular complexity index is 1100. The third-order valence-electron chi connectivity index (χ3n) is 5.24. The Morgan fingerprint density at radius 3 is 2.67 bits per heavy atom. The van der Waals surface area contributed by atoms with Crippen molar-refractivity contribution in [2.24, 2.45) is 5.41 Å². The van der Waals surface area contributed by atoms with E-state index in [0.29, 0.717) is 35.0 Å². The summed E-state index contributed by atoms with van der Waals surface area (Å²) in [6.45, 7) is 0. The van der Waals surface area contributed by atoms with E-state index in [2.05, 4.69) is 6.07 Å². The van der Waals surface area contributed by atoms with Gasteiger partial charge in [0.15, 0.2) is 5.78 Å². The van der Waals surface area contributed by atoms with E-state index in [4.69, 9.17) is 9.47 Å². The number of ether oxygens (including phenoxy) is 2.